The molecule has 0 radical (unpaired) electrons. The SMILES string of the molecule is O=S(=O)(CCCNC1CC1)NCCC1CCOC1. The van der Waals surface area contributed by atoms with Crippen LogP contribution in [0.3, 0.4) is 0 Å². The Morgan fingerprint density at radius 2 is 2.00 bits per heavy atom. The Hall–Kier alpha value is -0.170. The maximum atomic E-state index is 11.7. The van der Waals surface area contributed by atoms with Gasteiger partial charge >= 0.3 is 0 Å². The highest BCUT2D eigenvalue weighted by Crippen LogP contribution is 2.18. The van der Waals surface area contributed by atoms with Gasteiger partial charge in [0.2, 0.25) is 10.0 Å². The molecule has 1 aliphatic heterocycles. The van der Waals surface area contributed by atoms with Gasteiger partial charge in [0.05, 0.1) is 5.75 Å². The van der Waals surface area contributed by atoms with Crippen LogP contribution in [-0.2, 0) is 14.8 Å². The highest BCUT2D eigenvalue weighted by atomic mass is 32.2. The molecule has 106 valence electrons. The minimum absolute atomic E-state index is 0.230. The van der Waals surface area contributed by atoms with Crippen molar-refractivity contribution in [3.63, 3.8) is 0 Å². The van der Waals surface area contributed by atoms with Crippen LogP contribution in [0.1, 0.15) is 32.1 Å². The fraction of sp³-hybridized carbons (Fsp3) is 1.00. The average Bonchev–Trinajstić information content (AvgIpc) is 3.01. The first-order valence-electron chi connectivity index (χ1n) is 6.94. The number of hydrogen-bond acceptors (Lipinski definition) is 4. The van der Waals surface area contributed by atoms with Crippen molar-refractivity contribution >= 4 is 10.0 Å². The van der Waals surface area contributed by atoms with Gasteiger partial charge in [-0.3, -0.25) is 0 Å². The van der Waals surface area contributed by atoms with E-state index in [0.29, 0.717) is 24.9 Å². The van der Waals surface area contributed by atoms with E-state index in [2.05, 4.69) is 10.0 Å². The molecular weight excluding hydrogens is 252 g/mol. The molecule has 0 aromatic rings. The summed E-state index contributed by atoms with van der Waals surface area (Å²) in [4.78, 5) is 0. The first kappa shape index (κ1) is 14.2. The Labute approximate surface area is 110 Å². The topological polar surface area (TPSA) is 67.4 Å². The van der Waals surface area contributed by atoms with Crippen LogP contribution in [0.15, 0.2) is 0 Å². The standard InChI is InChI=1S/C12H24N2O3S/c15-18(16,9-1-6-13-12-2-3-12)14-7-4-11-5-8-17-10-11/h11-14H,1-10H2. The van der Waals surface area contributed by atoms with Gasteiger partial charge < -0.3 is 10.1 Å². The summed E-state index contributed by atoms with van der Waals surface area (Å²) in [5, 5.41) is 3.32. The molecule has 0 aromatic carbocycles. The molecule has 18 heavy (non-hydrogen) atoms. The summed E-state index contributed by atoms with van der Waals surface area (Å²) in [5.41, 5.74) is 0. The molecule has 2 aliphatic rings. The van der Waals surface area contributed by atoms with Crippen LogP contribution < -0.4 is 10.0 Å². The highest BCUT2D eigenvalue weighted by molar-refractivity contribution is 7.89. The maximum Gasteiger partial charge on any atom is 0.211 e. The van der Waals surface area contributed by atoms with E-state index in [1.165, 1.54) is 12.8 Å². The van der Waals surface area contributed by atoms with Gasteiger partial charge in [-0.1, -0.05) is 0 Å². The fourth-order valence-electron chi connectivity index (χ4n) is 2.16. The second-order valence-electron chi connectivity index (χ2n) is 5.31. The number of rotatable bonds is 9. The van der Waals surface area contributed by atoms with Gasteiger partial charge in [0.25, 0.3) is 0 Å². The van der Waals surface area contributed by atoms with Crippen molar-refractivity contribution in [2.75, 3.05) is 32.1 Å². The Balaban J connectivity index is 1.51. The normalized spacial score (nSPS) is 24.6. The molecule has 1 saturated heterocycles. The molecule has 0 bridgehead atoms. The number of sulfonamides is 1. The summed E-state index contributed by atoms with van der Waals surface area (Å²) in [7, 11) is -3.08. The summed E-state index contributed by atoms with van der Waals surface area (Å²) in [5.74, 6) is 0.762. The molecule has 1 saturated carbocycles. The smallest absolute Gasteiger partial charge is 0.211 e. The molecule has 0 spiro atoms. The summed E-state index contributed by atoms with van der Waals surface area (Å²) in [6.45, 7) is 2.96. The zero-order valence-corrected chi connectivity index (χ0v) is 11.7. The van der Waals surface area contributed by atoms with Crippen LogP contribution >= 0.6 is 0 Å². The third-order valence-electron chi connectivity index (χ3n) is 3.50. The molecule has 6 heteroatoms. The summed E-state index contributed by atoms with van der Waals surface area (Å²) < 4.78 is 31.3. The molecule has 2 rings (SSSR count). The van der Waals surface area contributed by atoms with Crippen molar-refractivity contribution in [2.45, 2.75) is 38.1 Å². The van der Waals surface area contributed by atoms with Crippen LogP contribution in [0, 0.1) is 5.92 Å². The molecule has 1 atom stereocenters. The molecule has 1 aliphatic carbocycles. The van der Waals surface area contributed by atoms with E-state index >= 15 is 0 Å². The number of nitrogens with one attached hydrogen (secondary N) is 2. The minimum Gasteiger partial charge on any atom is -0.381 e. The van der Waals surface area contributed by atoms with E-state index in [0.717, 1.165) is 32.6 Å². The lowest BCUT2D eigenvalue weighted by Crippen LogP contribution is -2.30. The molecule has 0 aromatic heterocycles. The first-order chi connectivity index (χ1) is 8.66. The van der Waals surface area contributed by atoms with Gasteiger partial charge in [-0.25, -0.2) is 13.1 Å². The summed E-state index contributed by atoms with van der Waals surface area (Å²) in [6.07, 6.45) is 5.13. The van der Waals surface area contributed by atoms with Crippen LogP contribution in [-0.4, -0.2) is 46.5 Å². The van der Waals surface area contributed by atoms with Gasteiger partial charge in [0.15, 0.2) is 0 Å². The number of ether oxygens (including phenoxy) is 1. The van der Waals surface area contributed by atoms with Crippen LogP contribution in [0.4, 0.5) is 0 Å². The van der Waals surface area contributed by atoms with E-state index < -0.39 is 10.0 Å². The molecule has 0 amide bonds. The average molecular weight is 276 g/mol. The summed E-state index contributed by atoms with van der Waals surface area (Å²) in [6, 6.07) is 0.656. The predicted molar refractivity (Wildman–Crippen MR) is 71.0 cm³/mol. The van der Waals surface area contributed by atoms with Gasteiger partial charge in [-0.05, 0) is 44.6 Å². The second-order valence-corrected chi connectivity index (χ2v) is 7.24. The quantitative estimate of drug-likeness (QED) is 0.601. The Morgan fingerprint density at radius 3 is 2.67 bits per heavy atom. The van der Waals surface area contributed by atoms with Crippen molar-refractivity contribution in [3.8, 4) is 0 Å². The van der Waals surface area contributed by atoms with Crippen LogP contribution in [0.2, 0.25) is 0 Å². The van der Waals surface area contributed by atoms with E-state index in [1.807, 2.05) is 0 Å². The van der Waals surface area contributed by atoms with Gasteiger partial charge in [-0.2, -0.15) is 0 Å². The predicted octanol–water partition coefficient (Wildman–Crippen LogP) is 0.475. The van der Waals surface area contributed by atoms with Crippen molar-refractivity contribution in [1.82, 2.24) is 10.0 Å². The lowest BCUT2D eigenvalue weighted by Gasteiger charge is -2.09. The van der Waals surface area contributed by atoms with Gasteiger partial charge in [0, 0.05) is 25.8 Å². The van der Waals surface area contributed by atoms with E-state index in [1.54, 1.807) is 0 Å². The zero-order chi connectivity index (χ0) is 12.8. The van der Waals surface area contributed by atoms with Crippen molar-refractivity contribution < 1.29 is 13.2 Å². The molecule has 2 fully saturated rings. The molecule has 1 unspecified atom stereocenters. The third-order valence-corrected chi connectivity index (χ3v) is 4.97. The van der Waals surface area contributed by atoms with Crippen molar-refractivity contribution in [1.29, 1.82) is 0 Å². The Morgan fingerprint density at radius 1 is 1.17 bits per heavy atom. The zero-order valence-electron chi connectivity index (χ0n) is 10.9. The van der Waals surface area contributed by atoms with Gasteiger partial charge in [0.1, 0.15) is 0 Å². The van der Waals surface area contributed by atoms with E-state index in [9.17, 15) is 8.42 Å². The fourth-order valence-corrected chi connectivity index (χ4v) is 3.26. The van der Waals surface area contributed by atoms with E-state index in [-0.39, 0.29) is 5.75 Å². The minimum atomic E-state index is -3.08. The third kappa shape index (κ3) is 5.65. The van der Waals surface area contributed by atoms with Crippen LogP contribution in [0.25, 0.3) is 0 Å². The van der Waals surface area contributed by atoms with Crippen molar-refractivity contribution in [2.24, 2.45) is 5.92 Å². The monoisotopic (exact) mass is 276 g/mol. The molecule has 1 heterocycles. The van der Waals surface area contributed by atoms with Gasteiger partial charge in [-0.15, -0.1) is 0 Å². The second kappa shape index (κ2) is 6.84. The van der Waals surface area contributed by atoms with Crippen molar-refractivity contribution in [3.05, 3.63) is 0 Å². The molecular formula is C12H24N2O3S. The maximum absolute atomic E-state index is 11.7. The first-order valence-corrected chi connectivity index (χ1v) is 8.59. The molecule has 5 nitrogen and oxygen atoms in total. The van der Waals surface area contributed by atoms with Crippen LogP contribution in [0.5, 0.6) is 0 Å². The lowest BCUT2D eigenvalue weighted by atomic mass is 10.1. The Bertz CT molecular complexity index is 335. The highest BCUT2D eigenvalue weighted by Gasteiger charge is 2.20. The largest absolute Gasteiger partial charge is 0.381 e. The summed E-state index contributed by atoms with van der Waals surface area (Å²) >= 11 is 0. The number of hydrogen-bond donors (Lipinski definition) is 2. The Kier molecular flexibility index (Phi) is 5.41. The van der Waals surface area contributed by atoms with E-state index in [4.69, 9.17) is 4.74 Å². The molecule has 2 N–H and O–H groups in total. The lowest BCUT2D eigenvalue weighted by molar-refractivity contribution is 0.184.